The lowest BCUT2D eigenvalue weighted by molar-refractivity contribution is -0.116. The van der Waals surface area contributed by atoms with Gasteiger partial charge in [-0.2, -0.15) is 0 Å². The van der Waals surface area contributed by atoms with Crippen molar-refractivity contribution < 1.29 is 4.79 Å². The molecule has 0 atom stereocenters. The summed E-state index contributed by atoms with van der Waals surface area (Å²) in [5.74, 6) is 1.10. The molecule has 3 aromatic rings. The van der Waals surface area contributed by atoms with Crippen molar-refractivity contribution in [3.8, 4) is 0 Å². The van der Waals surface area contributed by atoms with Crippen LogP contribution >= 0.6 is 11.3 Å². The molecule has 0 spiro atoms. The summed E-state index contributed by atoms with van der Waals surface area (Å²) in [6, 6.07) is 10.3. The molecule has 152 valence electrons. The monoisotopic (exact) mass is 408 g/mol. The predicted molar refractivity (Wildman–Crippen MR) is 122 cm³/mol. The molecule has 2 aromatic heterocycles. The Bertz CT molecular complexity index is 1020. The van der Waals surface area contributed by atoms with Crippen molar-refractivity contribution in [3.63, 3.8) is 0 Å². The number of benzene rings is 1. The molecule has 1 aliphatic heterocycles. The van der Waals surface area contributed by atoms with Gasteiger partial charge in [0, 0.05) is 48.6 Å². The van der Waals surface area contributed by atoms with E-state index in [4.69, 9.17) is 4.98 Å². The number of anilines is 2. The summed E-state index contributed by atoms with van der Waals surface area (Å²) in [5.41, 5.74) is 4.26. The Labute approximate surface area is 176 Å². The largest absolute Gasteiger partial charge is 0.354 e. The number of hydrogen-bond donors (Lipinski definition) is 1. The highest BCUT2D eigenvalue weighted by atomic mass is 32.1. The average molecular weight is 409 g/mol. The van der Waals surface area contributed by atoms with Crippen molar-refractivity contribution in [2.45, 2.75) is 26.7 Å². The Hall–Kier alpha value is -2.44. The quantitative estimate of drug-likeness (QED) is 0.686. The zero-order valence-electron chi connectivity index (χ0n) is 17.4. The van der Waals surface area contributed by atoms with Gasteiger partial charge in [-0.3, -0.25) is 4.79 Å². The van der Waals surface area contributed by atoms with Crippen molar-refractivity contribution in [3.05, 3.63) is 51.7 Å². The molecular formula is C23H28N4OS. The standard InChI is InChI=1S/C23H28N4OS/c1-16-12-19(29-15-16)5-7-23(28)24-18-4-6-21-20(14-18)17(2)13-22(25-21)27-10-8-26(3)9-11-27/h4,6,12-15H,5,7-11H2,1-3H3,(H,24,28). The van der Waals surface area contributed by atoms with E-state index in [1.165, 1.54) is 16.0 Å². The van der Waals surface area contributed by atoms with E-state index in [-0.39, 0.29) is 5.91 Å². The van der Waals surface area contributed by atoms with Gasteiger partial charge in [-0.05, 0) is 74.2 Å². The number of nitrogens with zero attached hydrogens (tertiary/aromatic N) is 3. The first-order valence-electron chi connectivity index (χ1n) is 10.2. The molecule has 0 aliphatic carbocycles. The van der Waals surface area contributed by atoms with Crippen LogP contribution in [0.3, 0.4) is 0 Å². The second-order valence-corrected chi connectivity index (χ2v) is 8.95. The first-order valence-corrected chi connectivity index (χ1v) is 11.0. The summed E-state index contributed by atoms with van der Waals surface area (Å²) in [6.45, 7) is 8.34. The molecule has 4 rings (SSSR count). The summed E-state index contributed by atoms with van der Waals surface area (Å²) >= 11 is 1.72. The number of aryl methyl sites for hydroxylation is 3. The normalized spacial score (nSPS) is 15.1. The van der Waals surface area contributed by atoms with Gasteiger partial charge in [-0.25, -0.2) is 4.98 Å². The van der Waals surface area contributed by atoms with Gasteiger partial charge in [-0.15, -0.1) is 11.3 Å². The summed E-state index contributed by atoms with van der Waals surface area (Å²) in [7, 11) is 2.16. The lowest BCUT2D eigenvalue weighted by atomic mass is 10.1. The summed E-state index contributed by atoms with van der Waals surface area (Å²) < 4.78 is 0. The number of amides is 1. The molecule has 6 heteroatoms. The molecule has 3 heterocycles. The number of carbonyl (C=O) groups is 1. The molecule has 1 saturated heterocycles. The van der Waals surface area contributed by atoms with Gasteiger partial charge in [0.15, 0.2) is 0 Å². The smallest absolute Gasteiger partial charge is 0.224 e. The first kappa shape index (κ1) is 19.9. The van der Waals surface area contributed by atoms with E-state index in [0.29, 0.717) is 6.42 Å². The summed E-state index contributed by atoms with van der Waals surface area (Å²) in [4.78, 5) is 23.2. The van der Waals surface area contributed by atoms with Crippen molar-refractivity contribution in [1.29, 1.82) is 0 Å². The number of hydrogen-bond acceptors (Lipinski definition) is 5. The number of carbonyl (C=O) groups excluding carboxylic acids is 1. The van der Waals surface area contributed by atoms with E-state index >= 15 is 0 Å². The van der Waals surface area contributed by atoms with E-state index < -0.39 is 0 Å². The van der Waals surface area contributed by atoms with Gasteiger partial charge < -0.3 is 15.1 Å². The van der Waals surface area contributed by atoms with Crippen LogP contribution in [0.4, 0.5) is 11.5 Å². The SMILES string of the molecule is Cc1csc(CCC(=O)Nc2ccc3nc(N4CCN(C)CC4)cc(C)c3c2)c1. The molecule has 0 unspecified atom stereocenters. The molecule has 0 saturated carbocycles. The number of nitrogens with one attached hydrogen (secondary N) is 1. The zero-order valence-corrected chi connectivity index (χ0v) is 18.2. The molecule has 0 bridgehead atoms. The van der Waals surface area contributed by atoms with E-state index in [1.807, 2.05) is 18.2 Å². The number of pyridine rings is 1. The second-order valence-electron chi connectivity index (χ2n) is 7.96. The van der Waals surface area contributed by atoms with Crippen LogP contribution in [0.1, 0.15) is 22.4 Å². The third-order valence-corrected chi connectivity index (χ3v) is 6.61. The highest BCUT2D eigenvalue weighted by Crippen LogP contribution is 2.26. The summed E-state index contributed by atoms with van der Waals surface area (Å²) in [6.07, 6.45) is 1.28. The van der Waals surface area contributed by atoms with Gasteiger partial charge in [-0.1, -0.05) is 0 Å². The van der Waals surface area contributed by atoms with Crippen LogP contribution in [0.2, 0.25) is 0 Å². The highest BCUT2D eigenvalue weighted by Gasteiger charge is 2.16. The summed E-state index contributed by atoms with van der Waals surface area (Å²) in [5, 5.41) is 6.26. The zero-order chi connectivity index (χ0) is 20.4. The van der Waals surface area contributed by atoms with E-state index in [9.17, 15) is 4.79 Å². The Morgan fingerprint density at radius 3 is 2.66 bits per heavy atom. The minimum absolute atomic E-state index is 0.0510. The lowest BCUT2D eigenvalue weighted by Gasteiger charge is -2.33. The fourth-order valence-electron chi connectivity index (χ4n) is 3.73. The average Bonchev–Trinajstić information content (AvgIpc) is 3.12. The van der Waals surface area contributed by atoms with Gasteiger partial charge in [0.2, 0.25) is 5.91 Å². The molecule has 1 N–H and O–H groups in total. The highest BCUT2D eigenvalue weighted by molar-refractivity contribution is 7.10. The molecule has 0 radical (unpaired) electrons. The topological polar surface area (TPSA) is 48.5 Å². The minimum atomic E-state index is 0.0510. The van der Waals surface area contributed by atoms with Crippen LogP contribution in [-0.4, -0.2) is 49.0 Å². The lowest BCUT2D eigenvalue weighted by Crippen LogP contribution is -2.44. The Morgan fingerprint density at radius 1 is 1.14 bits per heavy atom. The maximum Gasteiger partial charge on any atom is 0.224 e. The van der Waals surface area contributed by atoms with Gasteiger partial charge in [0.25, 0.3) is 0 Å². The predicted octanol–water partition coefficient (Wildman–Crippen LogP) is 4.24. The third kappa shape index (κ3) is 4.77. The van der Waals surface area contributed by atoms with Crippen LogP contribution in [0.25, 0.3) is 10.9 Å². The molecule has 29 heavy (non-hydrogen) atoms. The Kier molecular flexibility index (Phi) is 5.83. The first-order chi connectivity index (χ1) is 14.0. The Morgan fingerprint density at radius 2 is 1.93 bits per heavy atom. The molecular weight excluding hydrogens is 380 g/mol. The van der Waals surface area contributed by atoms with Crippen LogP contribution in [-0.2, 0) is 11.2 Å². The van der Waals surface area contributed by atoms with Crippen molar-refractivity contribution >= 4 is 39.7 Å². The van der Waals surface area contributed by atoms with Crippen LogP contribution in [0, 0.1) is 13.8 Å². The number of thiophene rings is 1. The molecule has 1 aromatic carbocycles. The third-order valence-electron chi connectivity index (χ3n) is 5.50. The number of piperazine rings is 1. The van der Waals surface area contributed by atoms with Crippen molar-refractivity contribution in [2.24, 2.45) is 0 Å². The van der Waals surface area contributed by atoms with E-state index in [0.717, 1.165) is 55.0 Å². The number of likely N-dealkylation sites (N-methyl/N-ethyl adjacent to an activating group) is 1. The molecule has 5 nitrogen and oxygen atoms in total. The van der Waals surface area contributed by atoms with Crippen molar-refractivity contribution in [1.82, 2.24) is 9.88 Å². The fourth-order valence-corrected chi connectivity index (χ4v) is 4.61. The maximum atomic E-state index is 12.4. The van der Waals surface area contributed by atoms with Gasteiger partial charge in [0.1, 0.15) is 5.82 Å². The van der Waals surface area contributed by atoms with E-state index in [1.54, 1.807) is 11.3 Å². The van der Waals surface area contributed by atoms with Crippen molar-refractivity contribution in [2.75, 3.05) is 43.4 Å². The van der Waals surface area contributed by atoms with Crippen LogP contribution in [0.5, 0.6) is 0 Å². The number of rotatable bonds is 5. The number of fused-ring (bicyclic) bond motifs is 1. The number of aromatic nitrogens is 1. The minimum Gasteiger partial charge on any atom is -0.354 e. The van der Waals surface area contributed by atoms with Crippen LogP contribution < -0.4 is 10.2 Å². The molecule has 1 aliphatic rings. The maximum absolute atomic E-state index is 12.4. The van der Waals surface area contributed by atoms with E-state index in [2.05, 4.69) is 53.5 Å². The Balaban J connectivity index is 1.45. The molecule has 1 fully saturated rings. The van der Waals surface area contributed by atoms with Gasteiger partial charge >= 0.3 is 0 Å². The molecule has 1 amide bonds. The second kappa shape index (κ2) is 8.51. The fraction of sp³-hybridized carbons (Fsp3) is 0.391. The van der Waals surface area contributed by atoms with Crippen LogP contribution in [0.15, 0.2) is 35.7 Å². The van der Waals surface area contributed by atoms with Gasteiger partial charge in [0.05, 0.1) is 5.52 Å².